The molecule has 0 saturated heterocycles. The molecule has 0 fully saturated rings. The Labute approximate surface area is 174 Å². The Kier molecular flexibility index (Phi) is 5.23. The summed E-state index contributed by atoms with van der Waals surface area (Å²) in [5.41, 5.74) is 1.39. The van der Waals surface area contributed by atoms with Gasteiger partial charge in [-0.15, -0.1) is 11.7 Å². The summed E-state index contributed by atoms with van der Waals surface area (Å²) in [7, 11) is 1.62. The number of hydrazone groups is 1. The zero-order valence-electron chi connectivity index (χ0n) is 15.1. The van der Waals surface area contributed by atoms with Crippen molar-refractivity contribution in [3.8, 4) is 5.75 Å². The van der Waals surface area contributed by atoms with Gasteiger partial charge in [0.15, 0.2) is 11.3 Å². The van der Waals surface area contributed by atoms with Crippen LogP contribution in [0, 0.1) is 0 Å². The molecule has 2 aromatic rings. The third kappa shape index (κ3) is 3.33. The van der Waals surface area contributed by atoms with E-state index >= 15 is 0 Å². The summed E-state index contributed by atoms with van der Waals surface area (Å²) in [5.74, 6) is 1.18. The molecule has 0 spiro atoms. The Morgan fingerprint density at radius 1 is 1.36 bits per heavy atom. The fraction of sp³-hybridized carbons (Fsp3) is 0.150. The summed E-state index contributed by atoms with van der Waals surface area (Å²) in [4.78, 5) is 17.8. The van der Waals surface area contributed by atoms with Gasteiger partial charge in [0.25, 0.3) is 5.91 Å². The first kappa shape index (κ1) is 18.8. The highest BCUT2D eigenvalue weighted by atomic mass is 79.9. The van der Waals surface area contributed by atoms with Gasteiger partial charge < -0.3 is 4.74 Å². The molecule has 0 unspecified atom stereocenters. The van der Waals surface area contributed by atoms with Crippen molar-refractivity contribution in [2.75, 3.05) is 12.9 Å². The van der Waals surface area contributed by atoms with Gasteiger partial charge >= 0.3 is 0 Å². The van der Waals surface area contributed by atoms with E-state index in [0.29, 0.717) is 16.6 Å². The highest BCUT2D eigenvalue weighted by Crippen LogP contribution is 2.34. The van der Waals surface area contributed by atoms with Crippen LogP contribution in [0.1, 0.15) is 11.7 Å². The van der Waals surface area contributed by atoms with Crippen LogP contribution in [0.4, 0.5) is 0 Å². The first-order chi connectivity index (χ1) is 13.6. The predicted molar refractivity (Wildman–Crippen MR) is 114 cm³/mol. The van der Waals surface area contributed by atoms with Crippen molar-refractivity contribution < 1.29 is 9.53 Å². The Hall–Kier alpha value is -2.58. The van der Waals surface area contributed by atoms with E-state index in [1.807, 2.05) is 42.5 Å². The normalized spacial score (nSPS) is 17.7. The topological polar surface area (TPSA) is 66.3 Å². The first-order valence-electron chi connectivity index (χ1n) is 8.56. The molecule has 0 saturated carbocycles. The SMILES string of the molecule is C=CCSC1=NN2C(=c3ccccc3=N[C@H]2c2ccc(OC)c(Br)c2)C(=O)N1. The lowest BCUT2D eigenvalue weighted by molar-refractivity contribution is -0.116. The molecule has 1 amide bonds. The van der Waals surface area contributed by atoms with Crippen molar-refractivity contribution in [3.63, 3.8) is 0 Å². The average Bonchev–Trinajstić information content (AvgIpc) is 2.71. The minimum Gasteiger partial charge on any atom is -0.496 e. The molecule has 2 aliphatic rings. The summed E-state index contributed by atoms with van der Waals surface area (Å²) in [5, 5.41) is 11.3. The maximum absolute atomic E-state index is 12.9. The standard InChI is InChI=1S/C20H17BrN4O2S/c1-3-10-28-20-23-19(26)17-13-6-4-5-7-15(13)22-18(25(17)24-20)12-8-9-16(27-2)14(21)11-12/h3-9,11,18H,1,10H2,2H3,(H,23,24,26)/t18-/m1/s1. The highest BCUT2D eigenvalue weighted by molar-refractivity contribution is 9.10. The van der Waals surface area contributed by atoms with Gasteiger partial charge in [-0.1, -0.05) is 42.1 Å². The number of hydrogen-bond donors (Lipinski definition) is 1. The molecular formula is C20H17BrN4O2S. The van der Waals surface area contributed by atoms with Gasteiger partial charge in [0, 0.05) is 11.0 Å². The van der Waals surface area contributed by atoms with Gasteiger partial charge in [0.1, 0.15) is 11.4 Å². The van der Waals surface area contributed by atoms with Gasteiger partial charge in [0.05, 0.1) is 16.9 Å². The van der Waals surface area contributed by atoms with E-state index in [-0.39, 0.29) is 5.91 Å². The number of amides is 1. The van der Waals surface area contributed by atoms with E-state index in [4.69, 9.17) is 9.73 Å². The predicted octanol–water partition coefficient (Wildman–Crippen LogP) is 2.52. The zero-order chi connectivity index (χ0) is 19.7. The lowest BCUT2D eigenvalue weighted by Crippen LogP contribution is -2.50. The summed E-state index contributed by atoms with van der Waals surface area (Å²) in [6, 6.07) is 13.3. The monoisotopic (exact) mass is 456 g/mol. The number of methoxy groups -OCH3 is 1. The first-order valence-corrected chi connectivity index (χ1v) is 10.3. The van der Waals surface area contributed by atoms with Crippen LogP contribution >= 0.6 is 27.7 Å². The number of halogens is 1. The molecule has 0 bridgehead atoms. The molecular weight excluding hydrogens is 440 g/mol. The highest BCUT2D eigenvalue weighted by Gasteiger charge is 2.34. The average molecular weight is 457 g/mol. The van der Waals surface area contributed by atoms with Gasteiger partial charge in [-0.05, 0) is 39.7 Å². The van der Waals surface area contributed by atoms with Crippen molar-refractivity contribution in [2.45, 2.75) is 6.17 Å². The summed E-state index contributed by atoms with van der Waals surface area (Å²) in [6.45, 7) is 3.72. The Morgan fingerprint density at radius 3 is 2.93 bits per heavy atom. The number of nitrogens with zero attached hydrogens (tertiary/aromatic N) is 3. The van der Waals surface area contributed by atoms with E-state index in [2.05, 4.69) is 32.9 Å². The number of nitrogens with one attached hydrogen (secondary N) is 1. The van der Waals surface area contributed by atoms with Gasteiger partial charge in [-0.25, -0.2) is 5.01 Å². The van der Waals surface area contributed by atoms with Crippen LogP contribution in [0.5, 0.6) is 5.75 Å². The number of ether oxygens (including phenoxy) is 1. The zero-order valence-corrected chi connectivity index (χ0v) is 17.5. The fourth-order valence-electron chi connectivity index (χ4n) is 3.09. The number of benzene rings is 2. The third-order valence-corrected chi connectivity index (χ3v) is 5.81. The number of para-hydroxylation sites is 1. The maximum atomic E-state index is 12.9. The Bertz CT molecular complexity index is 1120. The lowest BCUT2D eigenvalue weighted by atomic mass is 10.1. The Morgan fingerprint density at radius 2 is 2.18 bits per heavy atom. The molecule has 1 N–H and O–H groups in total. The van der Waals surface area contributed by atoms with Crippen molar-refractivity contribution >= 4 is 44.5 Å². The number of amidine groups is 1. The molecule has 0 aromatic heterocycles. The molecule has 2 aromatic carbocycles. The quantitative estimate of drug-likeness (QED) is 0.717. The third-order valence-electron chi connectivity index (χ3n) is 4.33. The molecule has 2 heterocycles. The van der Waals surface area contributed by atoms with Crippen LogP contribution in [0.3, 0.4) is 0 Å². The number of thioether (sulfide) groups is 1. The van der Waals surface area contributed by atoms with E-state index < -0.39 is 6.17 Å². The minimum atomic E-state index is -0.461. The van der Waals surface area contributed by atoms with Gasteiger partial charge in [-0.2, -0.15) is 0 Å². The van der Waals surface area contributed by atoms with E-state index in [1.54, 1.807) is 18.2 Å². The fourth-order valence-corrected chi connectivity index (χ4v) is 4.24. The molecule has 1 atom stereocenters. The smallest absolute Gasteiger partial charge is 0.276 e. The van der Waals surface area contributed by atoms with Crippen LogP contribution in [0.25, 0.3) is 5.70 Å². The lowest BCUT2D eigenvalue weighted by Gasteiger charge is -2.34. The van der Waals surface area contributed by atoms with Crippen LogP contribution in [-0.4, -0.2) is 28.9 Å². The second kappa shape index (κ2) is 7.81. The summed E-state index contributed by atoms with van der Waals surface area (Å²) >= 11 is 4.95. The summed E-state index contributed by atoms with van der Waals surface area (Å²) < 4.78 is 6.14. The second-order valence-electron chi connectivity index (χ2n) is 6.07. The molecule has 28 heavy (non-hydrogen) atoms. The van der Waals surface area contributed by atoms with Crippen LogP contribution in [-0.2, 0) is 4.79 Å². The minimum absolute atomic E-state index is 0.193. The number of hydrogen-bond acceptors (Lipinski definition) is 6. The van der Waals surface area contributed by atoms with E-state index in [9.17, 15) is 4.79 Å². The van der Waals surface area contributed by atoms with E-state index in [0.717, 1.165) is 26.4 Å². The number of carbonyl (C=O) groups excluding carboxylic acids is 1. The van der Waals surface area contributed by atoms with Crippen molar-refractivity contribution in [2.24, 2.45) is 10.1 Å². The van der Waals surface area contributed by atoms with Crippen LogP contribution in [0.2, 0.25) is 0 Å². The van der Waals surface area contributed by atoms with Gasteiger partial charge in [-0.3, -0.25) is 15.1 Å². The van der Waals surface area contributed by atoms with Crippen LogP contribution in [0.15, 0.2) is 69.7 Å². The molecule has 6 nitrogen and oxygen atoms in total. The summed E-state index contributed by atoms with van der Waals surface area (Å²) in [6.07, 6.45) is 1.31. The molecule has 0 aliphatic carbocycles. The number of rotatable bonds is 4. The largest absolute Gasteiger partial charge is 0.496 e. The molecule has 2 aliphatic heterocycles. The molecule has 142 valence electrons. The Balaban J connectivity index is 1.89. The van der Waals surface area contributed by atoms with Crippen molar-refractivity contribution in [1.82, 2.24) is 10.3 Å². The molecule has 0 radical (unpaired) electrons. The molecule has 4 rings (SSSR count). The number of carbonyl (C=O) groups is 1. The molecule has 8 heteroatoms. The van der Waals surface area contributed by atoms with Crippen molar-refractivity contribution in [1.29, 1.82) is 0 Å². The van der Waals surface area contributed by atoms with Crippen LogP contribution < -0.4 is 20.6 Å². The van der Waals surface area contributed by atoms with Crippen molar-refractivity contribution in [3.05, 3.63) is 75.7 Å². The second-order valence-corrected chi connectivity index (χ2v) is 7.93. The van der Waals surface area contributed by atoms with Gasteiger partial charge in [0.2, 0.25) is 0 Å². The van der Waals surface area contributed by atoms with E-state index in [1.165, 1.54) is 11.8 Å². The maximum Gasteiger partial charge on any atom is 0.276 e. The number of fused-ring (bicyclic) bond motifs is 2.